The number of hydrogen-bond donors (Lipinski definition) is 0. The first-order chi connectivity index (χ1) is 8.72. The van der Waals surface area contributed by atoms with E-state index in [1.807, 2.05) is 18.2 Å². The fourth-order valence-electron chi connectivity index (χ4n) is 2.01. The van der Waals surface area contributed by atoms with Crippen molar-refractivity contribution in [2.75, 3.05) is 0 Å². The van der Waals surface area contributed by atoms with Crippen molar-refractivity contribution in [2.45, 2.75) is 6.92 Å². The minimum absolute atomic E-state index is 0.553. The number of nitrogens with zero attached hydrogens (tertiary/aromatic N) is 2. The summed E-state index contributed by atoms with van der Waals surface area (Å²) in [7, 11) is 0. The minimum Gasteiger partial charge on any atom is -0.258 e. The average Bonchev–Trinajstić information content (AvgIpc) is 2.38. The zero-order chi connectivity index (χ0) is 12.5. The third-order valence-electron chi connectivity index (χ3n) is 2.90. The second kappa shape index (κ2) is 4.18. The van der Waals surface area contributed by atoms with E-state index in [0.29, 0.717) is 5.69 Å². The van der Waals surface area contributed by atoms with Gasteiger partial charge in [0.15, 0.2) is 0 Å². The third-order valence-corrected chi connectivity index (χ3v) is 2.90. The van der Waals surface area contributed by atoms with Crippen molar-refractivity contribution in [3.05, 3.63) is 60.3 Å². The second-order valence-electron chi connectivity index (χ2n) is 4.29. The summed E-state index contributed by atoms with van der Waals surface area (Å²) in [6, 6.07) is 12.2. The van der Waals surface area contributed by atoms with E-state index >= 15 is 0 Å². The summed E-state index contributed by atoms with van der Waals surface area (Å²) in [6.07, 6.45) is 2.67. The van der Waals surface area contributed by atoms with Gasteiger partial charge in [-0.3, -0.25) is 4.98 Å². The highest BCUT2D eigenvalue weighted by Gasteiger charge is 2.03. The molecule has 3 rings (SSSR count). The Morgan fingerprint density at radius 3 is 2.56 bits per heavy atom. The molecule has 0 saturated carbocycles. The third kappa shape index (κ3) is 1.95. The van der Waals surface area contributed by atoms with Gasteiger partial charge < -0.3 is 0 Å². The van der Waals surface area contributed by atoms with E-state index in [9.17, 15) is 4.39 Å². The van der Waals surface area contributed by atoms with Crippen LogP contribution in [-0.4, -0.2) is 9.97 Å². The van der Waals surface area contributed by atoms with Crippen LogP contribution in [0.2, 0.25) is 0 Å². The summed E-state index contributed by atoms with van der Waals surface area (Å²) in [6.45, 7) is 2.06. The summed E-state index contributed by atoms with van der Waals surface area (Å²) in [5, 5.41) is 2.28. The Bertz CT molecular complexity index is 723. The quantitative estimate of drug-likeness (QED) is 0.645. The van der Waals surface area contributed by atoms with Crippen LogP contribution in [0.15, 0.2) is 48.8 Å². The number of aromatic nitrogens is 2. The zero-order valence-corrected chi connectivity index (χ0v) is 9.89. The number of benzene rings is 2. The summed E-state index contributed by atoms with van der Waals surface area (Å²) in [5.74, 6) is -0.559. The second-order valence-corrected chi connectivity index (χ2v) is 4.29. The minimum atomic E-state index is -0.559. The van der Waals surface area contributed by atoms with E-state index in [2.05, 4.69) is 35.1 Å². The molecule has 2 aromatic carbocycles. The molecule has 3 aromatic rings. The van der Waals surface area contributed by atoms with Gasteiger partial charge in [-0.1, -0.05) is 35.9 Å². The molecule has 1 aromatic heterocycles. The van der Waals surface area contributed by atoms with E-state index in [1.165, 1.54) is 10.9 Å². The van der Waals surface area contributed by atoms with Gasteiger partial charge in [-0.05, 0) is 23.8 Å². The Balaban J connectivity index is 2.16. The summed E-state index contributed by atoms with van der Waals surface area (Å²) >= 11 is 0. The monoisotopic (exact) mass is 238 g/mol. The molecule has 88 valence electrons. The highest BCUT2D eigenvalue weighted by Crippen LogP contribution is 2.23. The predicted molar refractivity (Wildman–Crippen MR) is 69.7 cm³/mol. The number of fused-ring (bicyclic) bond motifs is 1. The number of aryl methyl sites for hydroxylation is 1. The first-order valence-corrected chi connectivity index (χ1v) is 5.71. The Morgan fingerprint density at radius 2 is 1.72 bits per heavy atom. The molecule has 1 heterocycles. The van der Waals surface area contributed by atoms with E-state index in [0.717, 1.165) is 17.1 Å². The van der Waals surface area contributed by atoms with Gasteiger partial charge in [0, 0.05) is 5.56 Å². The van der Waals surface area contributed by atoms with Crippen molar-refractivity contribution >= 4 is 10.8 Å². The van der Waals surface area contributed by atoms with Crippen LogP contribution < -0.4 is 0 Å². The van der Waals surface area contributed by atoms with Crippen molar-refractivity contribution in [2.24, 2.45) is 0 Å². The summed E-state index contributed by atoms with van der Waals surface area (Å²) < 4.78 is 13.0. The molecule has 0 bridgehead atoms. The van der Waals surface area contributed by atoms with Crippen LogP contribution in [0, 0.1) is 12.9 Å². The molecule has 0 unspecified atom stereocenters. The largest absolute Gasteiger partial charge is 0.258 e. The standard InChI is InChI=1S/C15H11FN2/c1-10-2-3-12-7-13(5-4-11(12)6-10)14-8-17-9-15(16)18-14/h2-9H,1H3. The fraction of sp³-hybridized carbons (Fsp3) is 0.0667. The maximum Gasteiger partial charge on any atom is 0.231 e. The number of halogens is 1. The highest BCUT2D eigenvalue weighted by molar-refractivity contribution is 5.87. The van der Waals surface area contributed by atoms with E-state index in [-0.39, 0.29) is 0 Å². The highest BCUT2D eigenvalue weighted by atomic mass is 19.1. The van der Waals surface area contributed by atoms with E-state index in [1.54, 1.807) is 6.20 Å². The van der Waals surface area contributed by atoms with Crippen molar-refractivity contribution in [3.8, 4) is 11.3 Å². The zero-order valence-electron chi connectivity index (χ0n) is 9.89. The summed E-state index contributed by atoms with van der Waals surface area (Å²) in [5.41, 5.74) is 2.65. The molecule has 0 saturated heterocycles. The molecular weight excluding hydrogens is 227 g/mol. The lowest BCUT2D eigenvalue weighted by Crippen LogP contribution is -1.89. The van der Waals surface area contributed by atoms with Gasteiger partial charge in [-0.25, -0.2) is 4.98 Å². The molecule has 0 fully saturated rings. The van der Waals surface area contributed by atoms with Crippen LogP contribution in [0.4, 0.5) is 4.39 Å². The molecule has 0 atom stereocenters. The van der Waals surface area contributed by atoms with Crippen molar-refractivity contribution in [3.63, 3.8) is 0 Å². The van der Waals surface area contributed by atoms with Crippen LogP contribution in [0.3, 0.4) is 0 Å². The van der Waals surface area contributed by atoms with Gasteiger partial charge in [0.1, 0.15) is 0 Å². The van der Waals surface area contributed by atoms with Crippen LogP contribution in [-0.2, 0) is 0 Å². The van der Waals surface area contributed by atoms with Gasteiger partial charge >= 0.3 is 0 Å². The molecule has 0 aliphatic heterocycles. The molecule has 2 nitrogen and oxygen atoms in total. The lowest BCUT2D eigenvalue weighted by atomic mass is 10.0. The molecule has 3 heteroatoms. The maximum absolute atomic E-state index is 13.0. The predicted octanol–water partition coefficient (Wildman–Crippen LogP) is 3.74. The molecule has 0 aliphatic carbocycles. The molecular formula is C15H11FN2. The fourth-order valence-corrected chi connectivity index (χ4v) is 2.01. The molecule has 0 amide bonds. The Kier molecular flexibility index (Phi) is 2.52. The van der Waals surface area contributed by atoms with Crippen LogP contribution in [0.5, 0.6) is 0 Å². The summed E-state index contributed by atoms with van der Waals surface area (Å²) in [4.78, 5) is 7.66. The molecule has 0 aliphatic rings. The van der Waals surface area contributed by atoms with E-state index < -0.39 is 5.95 Å². The Labute approximate surface area is 104 Å². The first-order valence-electron chi connectivity index (χ1n) is 5.71. The van der Waals surface area contributed by atoms with Gasteiger partial charge in [0.25, 0.3) is 0 Å². The molecule has 18 heavy (non-hydrogen) atoms. The lowest BCUT2D eigenvalue weighted by Gasteiger charge is -2.04. The molecule has 0 radical (unpaired) electrons. The first kappa shape index (κ1) is 10.8. The molecule has 0 spiro atoms. The van der Waals surface area contributed by atoms with Gasteiger partial charge in [-0.15, -0.1) is 0 Å². The SMILES string of the molecule is Cc1ccc2cc(-c3cncc(F)n3)ccc2c1. The van der Waals surface area contributed by atoms with Crippen LogP contribution in [0.25, 0.3) is 22.0 Å². The van der Waals surface area contributed by atoms with Gasteiger partial charge in [-0.2, -0.15) is 4.39 Å². The van der Waals surface area contributed by atoms with Crippen LogP contribution >= 0.6 is 0 Å². The van der Waals surface area contributed by atoms with Crippen molar-refractivity contribution < 1.29 is 4.39 Å². The molecule has 0 N–H and O–H groups in total. The van der Waals surface area contributed by atoms with Gasteiger partial charge in [0.2, 0.25) is 5.95 Å². The van der Waals surface area contributed by atoms with E-state index in [4.69, 9.17) is 0 Å². The Hall–Kier alpha value is -2.29. The smallest absolute Gasteiger partial charge is 0.231 e. The van der Waals surface area contributed by atoms with Crippen molar-refractivity contribution in [1.82, 2.24) is 9.97 Å². The van der Waals surface area contributed by atoms with Gasteiger partial charge in [0.05, 0.1) is 18.1 Å². The lowest BCUT2D eigenvalue weighted by molar-refractivity contribution is 0.578. The topological polar surface area (TPSA) is 25.8 Å². The normalized spacial score (nSPS) is 10.8. The van der Waals surface area contributed by atoms with Crippen molar-refractivity contribution in [1.29, 1.82) is 0 Å². The van der Waals surface area contributed by atoms with Crippen LogP contribution in [0.1, 0.15) is 5.56 Å². The average molecular weight is 238 g/mol. The Morgan fingerprint density at radius 1 is 0.944 bits per heavy atom. The maximum atomic E-state index is 13.0. The number of rotatable bonds is 1. The number of hydrogen-bond acceptors (Lipinski definition) is 2.